The molecule has 0 aromatic carbocycles. The Morgan fingerprint density at radius 2 is 1.61 bits per heavy atom. The van der Waals surface area contributed by atoms with Gasteiger partial charge in [-0.2, -0.15) is 0 Å². The molecule has 0 spiro atoms. The largest absolute Gasteiger partial charge is 0.346 e. The molecule has 0 aromatic rings. The normalized spacial score (nSPS) is 24.1. The zero-order chi connectivity index (χ0) is 37.2. The van der Waals surface area contributed by atoms with Crippen molar-refractivity contribution in [3.8, 4) is 0 Å². The van der Waals surface area contributed by atoms with E-state index in [9.17, 15) is 32.4 Å². The third kappa shape index (κ3) is 9.49. The number of carbonyl (C=O) groups excluding carboxylic acids is 5. The van der Waals surface area contributed by atoms with Gasteiger partial charge in [-0.15, -0.1) is 29.8 Å². The number of sulfone groups is 1. The van der Waals surface area contributed by atoms with Crippen LogP contribution >= 0.6 is 23.2 Å². The average molecular weight is 749 g/mol. The number of unbranched alkanes of at least 4 members (excludes halogenated alkanes) is 1. The van der Waals surface area contributed by atoms with Crippen LogP contribution in [0.4, 0.5) is 4.79 Å². The molecular formula is C34H55Cl2N5O7S. The number of Topliss-reactive ketones (excluding diaryl/α,β-unsaturated/α-hetero) is 1. The van der Waals surface area contributed by atoms with Gasteiger partial charge < -0.3 is 26.2 Å². The van der Waals surface area contributed by atoms with Crippen LogP contribution in [0.3, 0.4) is 0 Å². The summed E-state index contributed by atoms with van der Waals surface area (Å²) in [7, 11) is -3.59. The van der Waals surface area contributed by atoms with Crippen LogP contribution in [0.25, 0.3) is 0 Å². The standard InChI is InChI=1S/C34H55Cl2N5O7S/c1-9-11-15-22(25(42)28(44)37-18-10-2)38-27(43)24-23-21(34(23,35)36)19-41(24)29(45)26(31(3,4)5)39-30(46)40-33(16-13-12-14-17-33)20-49(47,48)32(6,7)8/h10,21-24,26H,2,9,11-20H2,1,3-8H3,(H,37,44)(H,38,43)(H2,39,40,46)/t21-,22-,23-,24-,26+/m0/s1. The van der Waals surface area contributed by atoms with E-state index >= 15 is 0 Å². The number of piperidine rings is 1. The third-order valence-corrected chi connectivity index (χ3v) is 13.8. The predicted molar refractivity (Wildman–Crippen MR) is 191 cm³/mol. The molecule has 3 aliphatic rings. The Labute approximate surface area is 301 Å². The lowest BCUT2D eigenvalue weighted by Crippen LogP contribution is -2.64. The van der Waals surface area contributed by atoms with Crippen LogP contribution in [-0.2, 0) is 29.0 Å². The first-order chi connectivity index (χ1) is 22.5. The number of hydrogen-bond donors (Lipinski definition) is 4. The maximum absolute atomic E-state index is 14.4. The van der Waals surface area contributed by atoms with Crippen LogP contribution in [0.2, 0.25) is 0 Å². The van der Waals surface area contributed by atoms with Crippen molar-refractivity contribution in [1.82, 2.24) is 26.2 Å². The number of amides is 5. The van der Waals surface area contributed by atoms with Crippen LogP contribution in [0.5, 0.6) is 0 Å². The highest BCUT2D eigenvalue weighted by molar-refractivity contribution is 7.92. The molecule has 3 fully saturated rings. The van der Waals surface area contributed by atoms with Gasteiger partial charge in [0.2, 0.25) is 17.6 Å². The number of carbonyl (C=O) groups is 5. The molecule has 1 saturated heterocycles. The Bertz CT molecular complexity index is 1400. The van der Waals surface area contributed by atoms with Crippen molar-refractivity contribution in [2.75, 3.05) is 18.8 Å². The quantitative estimate of drug-likeness (QED) is 0.119. The molecule has 5 atom stereocenters. The Morgan fingerprint density at radius 1 is 1.00 bits per heavy atom. The molecule has 49 heavy (non-hydrogen) atoms. The fourth-order valence-electron chi connectivity index (χ4n) is 6.81. The molecule has 0 aromatic heterocycles. The summed E-state index contributed by atoms with van der Waals surface area (Å²) in [5.74, 6) is -4.15. The van der Waals surface area contributed by atoms with E-state index in [1.165, 1.54) is 11.0 Å². The van der Waals surface area contributed by atoms with Crippen LogP contribution in [0.15, 0.2) is 12.7 Å². The van der Waals surface area contributed by atoms with Crippen molar-refractivity contribution in [1.29, 1.82) is 0 Å². The molecule has 2 saturated carbocycles. The molecular weight excluding hydrogens is 693 g/mol. The zero-order valence-corrected chi connectivity index (χ0v) is 32.2. The lowest BCUT2D eigenvalue weighted by atomic mass is 9.83. The number of hydrogen-bond acceptors (Lipinski definition) is 7. The van der Waals surface area contributed by atoms with Gasteiger partial charge in [0, 0.05) is 24.9 Å². The second kappa shape index (κ2) is 15.5. The summed E-state index contributed by atoms with van der Waals surface area (Å²) in [6.07, 6.45) is 6.32. The van der Waals surface area contributed by atoms with Gasteiger partial charge in [-0.3, -0.25) is 19.2 Å². The fraction of sp³-hybridized carbons (Fsp3) is 0.794. The van der Waals surface area contributed by atoms with E-state index < -0.39 is 89.4 Å². The first-order valence-electron chi connectivity index (χ1n) is 17.3. The van der Waals surface area contributed by atoms with Crippen molar-refractivity contribution < 1.29 is 32.4 Å². The second-order valence-electron chi connectivity index (χ2n) is 15.9. The Hall–Kier alpha value is -2.38. The highest BCUT2D eigenvalue weighted by Gasteiger charge is 2.74. The maximum Gasteiger partial charge on any atom is 0.315 e. The van der Waals surface area contributed by atoms with E-state index in [0.29, 0.717) is 25.7 Å². The number of ketones is 1. The summed E-state index contributed by atoms with van der Waals surface area (Å²) >= 11 is 13.1. The first-order valence-corrected chi connectivity index (χ1v) is 19.7. The van der Waals surface area contributed by atoms with E-state index in [1.54, 1.807) is 41.5 Å². The van der Waals surface area contributed by atoms with Crippen molar-refractivity contribution in [2.45, 2.75) is 133 Å². The lowest BCUT2D eigenvalue weighted by molar-refractivity contribution is -0.144. The van der Waals surface area contributed by atoms with E-state index in [0.717, 1.165) is 19.3 Å². The summed E-state index contributed by atoms with van der Waals surface area (Å²) in [6, 6.07) is -4.09. The van der Waals surface area contributed by atoms with Gasteiger partial charge in [0.05, 0.1) is 22.1 Å². The Balaban J connectivity index is 1.86. The molecule has 2 aliphatic carbocycles. The smallest absolute Gasteiger partial charge is 0.315 e. The van der Waals surface area contributed by atoms with E-state index in [4.69, 9.17) is 23.2 Å². The van der Waals surface area contributed by atoms with Gasteiger partial charge in [-0.1, -0.05) is 65.9 Å². The van der Waals surface area contributed by atoms with Gasteiger partial charge in [0.15, 0.2) is 9.84 Å². The van der Waals surface area contributed by atoms with Gasteiger partial charge in [0.25, 0.3) is 5.91 Å². The van der Waals surface area contributed by atoms with Crippen LogP contribution in [0.1, 0.15) is 99.8 Å². The molecule has 1 aliphatic heterocycles. The topological polar surface area (TPSA) is 171 Å². The van der Waals surface area contributed by atoms with Crippen molar-refractivity contribution in [3.63, 3.8) is 0 Å². The van der Waals surface area contributed by atoms with Gasteiger partial charge in [-0.25, -0.2) is 13.2 Å². The zero-order valence-electron chi connectivity index (χ0n) is 29.9. The van der Waals surface area contributed by atoms with Crippen LogP contribution in [-0.4, -0.2) is 94.4 Å². The maximum atomic E-state index is 14.4. The first kappa shape index (κ1) is 41.0. The van der Waals surface area contributed by atoms with Crippen LogP contribution < -0.4 is 21.3 Å². The lowest BCUT2D eigenvalue weighted by Gasteiger charge is -2.41. The number of urea groups is 1. The summed E-state index contributed by atoms with van der Waals surface area (Å²) in [5, 5.41) is 10.9. The van der Waals surface area contributed by atoms with E-state index in [1.807, 2.05) is 6.92 Å². The van der Waals surface area contributed by atoms with Gasteiger partial charge in [0.1, 0.15) is 16.4 Å². The molecule has 0 bridgehead atoms. The van der Waals surface area contributed by atoms with Gasteiger partial charge in [-0.05, 0) is 45.4 Å². The molecule has 3 rings (SSSR count). The molecule has 12 nitrogen and oxygen atoms in total. The van der Waals surface area contributed by atoms with Crippen molar-refractivity contribution >= 4 is 62.6 Å². The van der Waals surface area contributed by atoms with E-state index in [2.05, 4.69) is 27.8 Å². The number of nitrogens with one attached hydrogen (secondary N) is 4. The van der Waals surface area contributed by atoms with Crippen molar-refractivity contribution in [2.24, 2.45) is 17.3 Å². The fourth-order valence-corrected chi connectivity index (χ4v) is 9.16. The molecule has 5 amide bonds. The predicted octanol–water partition coefficient (Wildman–Crippen LogP) is 3.79. The monoisotopic (exact) mass is 747 g/mol. The van der Waals surface area contributed by atoms with Crippen LogP contribution in [0, 0.1) is 17.3 Å². The minimum atomic E-state index is -3.59. The molecule has 0 unspecified atom stereocenters. The van der Waals surface area contributed by atoms with E-state index in [-0.39, 0.29) is 25.3 Å². The molecule has 1 heterocycles. The van der Waals surface area contributed by atoms with Crippen molar-refractivity contribution in [3.05, 3.63) is 12.7 Å². The summed E-state index contributed by atoms with van der Waals surface area (Å²) in [6.45, 7) is 15.8. The number of alkyl halides is 2. The Kier molecular flexibility index (Phi) is 13.0. The average Bonchev–Trinajstić information content (AvgIpc) is 3.30. The second-order valence-corrected chi connectivity index (χ2v) is 20.1. The Morgan fingerprint density at radius 3 is 2.14 bits per heavy atom. The number of rotatable bonds is 14. The molecule has 4 N–H and O–H groups in total. The third-order valence-electron chi connectivity index (χ3n) is 9.97. The number of likely N-dealkylation sites (tertiary alicyclic amines) is 1. The highest BCUT2D eigenvalue weighted by Crippen LogP contribution is 2.65. The summed E-state index contributed by atoms with van der Waals surface area (Å²) < 4.78 is 24.3. The molecule has 278 valence electrons. The number of halogens is 2. The van der Waals surface area contributed by atoms with Gasteiger partial charge >= 0.3 is 6.03 Å². The number of nitrogens with zero attached hydrogens (tertiary/aromatic N) is 1. The summed E-state index contributed by atoms with van der Waals surface area (Å²) in [4.78, 5) is 68.9. The number of fused-ring (bicyclic) bond motifs is 1. The highest BCUT2D eigenvalue weighted by atomic mass is 35.5. The SMILES string of the molecule is C=CCNC(=O)C(=O)[C@H](CCCC)NC(=O)[C@@H]1[C@@H]2[C@H](CN1C(=O)[C@@H](NC(=O)NC1(CS(=O)(=O)C(C)(C)C)CCCCC1)C(C)(C)C)C2(Cl)Cl. The molecule has 15 heteroatoms. The molecule has 0 radical (unpaired) electrons. The minimum absolute atomic E-state index is 0.0472. The summed E-state index contributed by atoms with van der Waals surface area (Å²) in [5.41, 5.74) is -1.83. The minimum Gasteiger partial charge on any atom is -0.346 e.